The van der Waals surface area contributed by atoms with Crippen molar-refractivity contribution in [2.45, 2.75) is 61.8 Å². The fraction of sp³-hybridized carbons (Fsp3) is 0.529. The van der Waals surface area contributed by atoms with Gasteiger partial charge in [0.2, 0.25) is 0 Å². The van der Waals surface area contributed by atoms with E-state index in [1.54, 1.807) is 12.2 Å². The summed E-state index contributed by atoms with van der Waals surface area (Å²) in [5.41, 5.74) is 1.62. The fourth-order valence-electron chi connectivity index (χ4n) is 1.34. The van der Waals surface area contributed by atoms with E-state index in [2.05, 4.69) is 11.6 Å². The third kappa shape index (κ3) is 11.0. The Morgan fingerprint density at radius 3 is 2.00 bits per heavy atom. The number of oxazole rings is 1. The highest BCUT2D eigenvalue weighted by atomic mass is 32.1. The highest BCUT2D eigenvalue weighted by molar-refractivity contribution is 7.71. The third-order valence-electron chi connectivity index (χ3n) is 1.87. The van der Waals surface area contributed by atoms with Gasteiger partial charge in [-0.2, -0.15) is 0 Å². The van der Waals surface area contributed by atoms with Gasteiger partial charge in [-0.1, -0.05) is 60.3 Å². The second kappa shape index (κ2) is 16.6. The Balaban J connectivity index is -0.000000478. The van der Waals surface area contributed by atoms with Crippen molar-refractivity contribution in [3.63, 3.8) is 0 Å². The summed E-state index contributed by atoms with van der Waals surface area (Å²) in [4.78, 5) is 14.3. The summed E-state index contributed by atoms with van der Waals surface area (Å²) in [6, 6.07) is 0. The van der Waals surface area contributed by atoms with Gasteiger partial charge in [0.05, 0.1) is 5.69 Å². The maximum atomic E-state index is 11.1. The lowest BCUT2D eigenvalue weighted by molar-refractivity contribution is -0.116. The van der Waals surface area contributed by atoms with Crippen LogP contribution in [0.2, 0.25) is 0 Å². The van der Waals surface area contributed by atoms with Gasteiger partial charge in [-0.15, -0.1) is 0 Å². The van der Waals surface area contributed by atoms with E-state index in [1.165, 1.54) is 6.92 Å². The molecular weight excluding hydrogens is 282 g/mol. The Bertz CT molecular complexity index is 467. The molecule has 0 amide bonds. The zero-order valence-corrected chi connectivity index (χ0v) is 15.6. The number of carbonyl (C=O) groups is 1. The molecule has 1 N–H and O–H groups in total. The number of aromatic amines is 1. The van der Waals surface area contributed by atoms with E-state index in [-0.39, 0.29) is 5.78 Å². The molecule has 122 valence electrons. The molecule has 0 radical (unpaired) electrons. The number of hydrogen-bond acceptors (Lipinski definition) is 3. The van der Waals surface area contributed by atoms with Crippen LogP contribution in [-0.2, 0) is 4.79 Å². The molecule has 0 bridgehead atoms. The minimum Gasteiger partial charge on any atom is -0.430 e. The van der Waals surface area contributed by atoms with Crippen LogP contribution in [0, 0.1) is 11.8 Å². The molecule has 0 fully saturated rings. The third-order valence-corrected chi connectivity index (χ3v) is 2.06. The number of ketones is 1. The molecule has 0 spiro atoms. The average molecular weight is 314 g/mol. The number of allylic oxidation sites excluding steroid dienone is 3. The molecule has 0 aliphatic heterocycles. The molecule has 1 aromatic rings. The van der Waals surface area contributed by atoms with E-state index in [4.69, 9.17) is 16.6 Å². The molecule has 0 saturated carbocycles. The van der Waals surface area contributed by atoms with Crippen molar-refractivity contribution < 1.29 is 9.21 Å². The second-order valence-electron chi connectivity index (χ2n) is 3.28. The van der Waals surface area contributed by atoms with E-state index < -0.39 is 0 Å². The van der Waals surface area contributed by atoms with Gasteiger partial charge in [0.1, 0.15) is 5.78 Å². The minimum atomic E-state index is 0.0739. The molecule has 0 saturated heterocycles. The Labute approximate surface area is 135 Å². The van der Waals surface area contributed by atoms with Crippen LogP contribution in [0.25, 0.3) is 5.57 Å². The van der Waals surface area contributed by atoms with Gasteiger partial charge in [0.25, 0.3) is 4.84 Å². The average Bonchev–Trinajstić information content (AvgIpc) is 2.83. The number of carbonyl (C=O) groups excluding carboxylic acids is 1. The van der Waals surface area contributed by atoms with E-state index in [1.807, 2.05) is 48.5 Å². The number of hydrogen-bond donors (Lipinski definition) is 1. The van der Waals surface area contributed by atoms with Crippen LogP contribution in [0.15, 0.2) is 23.1 Å². The smallest absolute Gasteiger partial charge is 0.266 e. The molecule has 1 aromatic heterocycles. The highest BCUT2D eigenvalue weighted by Crippen LogP contribution is 2.22. The van der Waals surface area contributed by atoms with Gasteiger partial charge in [-0.3, -0.25) is 4.79 Å². The van der Waals surface area contributed by atoms with Gasteiger partial charge in [-0.25, -0.2) is 0 Å². The monoisotopic (exact) mass is 313 g/mol. The molecule has 0 aromatic carbocycles. The zero-order chi connectivity index (χ0) is 17.4. The zero-order valence-electron chi connectivity index (χ0n) is 14.8. The van der Waals surface area contributed by atoms with E-state index in [0.717, 1.165) is 11.3 Å². The predicted molar refractivity (Wildman–Crippen MR) is 96.1 cm³/mol. The lowest BCUT2D eigenvalue weighted by Gasteiger charge is -2.01. The second-order valence-corrected chi connectivity index (χ2v) is 3.65. The lowest BCUT2D eigenvalue weighted by atomic mass is 10.1. The van der Waals surface area contributed by atoms with Crippen molar-refractivity contribution in [1.29, 1.82) is 0 Å². The van der Waals surface area contributed by atoms with Crippen molar-refractivity contribution in [2.75, 3.05) is 0 Å². The molecule has 0 unspecified atom stereocenters. The summed E-state index contributed by atoms with van der Waals surface area (Å²) in [6.07, 6.45) is 3.71. The Morgan fingerprint density at radius 1 is 1.24 bits per heavy atom. The van der Waals surface area contributed by atoms with Crippen LogP contribution in [0.3, 0.4) is 0 Å². The number of H-pyrrole nitrogens is 1. The molecule has 0 aliphatic rings. The number of aryl methyl sites for hydroxylation is 1. The van der Waals surface area contributed by atoms with E-state index >= 15 is 0 Å². The Hall–Kier alpha value is -1.42. The largest absolute Gasteiger partial charge is 0.430 e. The summed E-state index contributed by atoms with van der Waals surface area (Å²) >= 11 is 4.88. The van der Waals surface area contributed by atoms with Crippen LogP contribution in [0.1, 0.15) is 66.3 Å². The molecule has 21 heavy (non-hydrogen) atoms. The number of Topliss-reactive ketones (excluding diaryl/α,β-unsaturated/α-hetero) is 1. The maximum Gasteiger partial charge on any atom is 0.266 e. The quantitative estimate of drug-likeness (QED) is 0.526. The first kappa shape index (κ1) is 24.6. The van der Waals surface area contributed by atoms with Crippen molar-refractivity contribution in [1.82, 2.24) is 4.98 Å². The standard InChI is InChI=1S/C11H13NO2S.3C2H6/c1-4-5-9(6-7(2)13)10-8(3)12-11(15)14-10;3*1-2/h4-5H,1,6H2,2-3H3,(H,12,15);3*1-2H3/b9-5-;;;. The van der Waals surface area contributed by atoms with Crippen LogP contribution in [0.5, 0.6) is 0 Å². The van der Waals surface area contributed by atoms with Gasteiger partial charge in [0, 0.05) is 12.0 Å². The Kier molecular flexibility index (Phi) is 19.5. The number of nitrogens with one attached hydrogen (secondary N) is 1. The SMILES string of the molecule is C=C/C=C(/CC(C)=O)c1oc(=S)[nH]c1C.CC.CC.CC. The van der Waals surface area contributed by atoms with Gasteiger partial charge >= 0.3 is 0 Å². The van der Waals surface area contributed by atoms with Crippen molar-refractivity contribution in [3.8, 4) is 0 Å². The van der Waals surface area contributed by atoms with Crippen LogP contribution < -0.4 is 0 Å². The molecular formula is C17H31NO2S. The normalized spacial score (nSPS) is 9.05. The van der Waals surface area contributed by atoms with Crippen molar-refractivity contribution >= 4 is 23.6 Å². The molecule has 0 atom stereocenters. The van der Waals surface area contributed by atoms with E-state index in [0.29, 0.717) is 17.0 Å². The topological polar surface area (TPSA) is 46.0 Å². The molecule has 0 aliphatic carbocycles. The summed E-state index contributed by atoms with van der Waals surface area (Å²) in [5.74, 6) is 0.708. The van der Waals surface area contributed by atoms with Gasteiger partial charge in [-0.05, 0) is 26.1 Å². The number of rotatable bonds is 4. The molecule has 1 heterocycles. The first-order valence-electron chi connectivity index (χ1n) is 7.55. The molecule has 3 nitrogen and oxygen atoms in total. The Morgan fingerprint density at radius 2 is 1.71 bits per heavy atom. The fourth-order valence-corrected chi connectivity index (χ4v) is 1.57. The molecule has 1 rings (SSSR count). The maximum absolute atomic E-state index is 11.1. The van der Waals surface area contributed by atoms with Crippen LogP contribution >= 0.6 is 12.2 Å². The minimum absolute atomic E-state index is 0.0739. The summed E-state index contributed by atoms with van der Waals surface area (Å²) < 4.78 is 5.32. The van der Waals surface area contributed by atoms with Crippen molar-refractivity contribution in [3.05, 3.63) is 35.0 Å². The van der Waals surface area contributed by atoms with Crippen LogP contribution in [-0.4, -0.2) is 10.8 Å². The first-order valence-corrected chi connectivity index (χ1v) is 7.96. The summed E-state index contributed by atoms with van der Waals surface area (Å²) in [7, 11) is 0. The summed E-state index contributed by atoms with van der Waals surface area (Å²) in [5, 5.41) is 0. The lowest BCUT2D eigenvalue weighted by Crippen LogP contribution is -1.94. The highest BCUT2D eigenvalue weighted by Gasteiger charge is 2.11. The van der Waals surface area contributed by atoms with Crippen LogP contribution in [0.4, 0.5) is 0 Å². The predicted octanol–water partition coefficient (Wildman–Crippen LogP) is 6.27. The van der Waals surface area contributed by atoms with Crippen molar-refractivity contribution in [2.24, 2.45) is 0 Å². The van der Waals surface area contributed by atoms with Gasteiger partial charge < -0.3 is 9.40 Å². The van der Waals surface area contributed by atoms with E-state index in [9.17, 15) is 4.79 Å². The molecule has 4 heteroatoms. The summed E-state index contributed by atoms with van der Waals surface area (Å²) in [6.45, 7) is 19.0. The first-order chi connectivity index (χ1) is 10.0. The number of aromatic nitrogens is 1. The van der Waals surface area contributed by atoms with Gasteiger partial charge in [0.15, 0.2) is 5.76 Å².